The van der Waals surface area contributed by atoms with E-state index < -0.39 is 0 Å². The molecular weight excluding hydrogens is 650 g/mol. The van der Waals surface area contributed by atoms with Crippen molar-refractivity contribution in [1.82, 2.24) is 19.9 Å². The van der Waals surface area contributed by atoms with Gasteiger partial charge in [0.1, 0.15) is 7.40 Å². The standard InChI is InChI=1S/C12H11IN2S.C11H9IN2S/c1-2-16-12-14-10(8-11(13)15-12)9-6-4-3-5-7-9;1-15-11-13-9(7-10(12)14-11)8-5-3-2-4-6-8/h3-8H,2H2,1H3;2-7H,1H3. The molecule has 0 N–H and O–H groups in total. The van der Waals surface area contributed by atoms with Gasteiger partial charge in [-0.1, -0.05) is 91.1 Å². The lowest BCUT2D eigenvalue weighted by molar-refractivity contribution is 0.953. The fourth-order valence-electron chi connectivity index (χ4n) is 2.59. The first-order valence-corrected chi connectivity index (χ1v) is 13.8. The molecule has 0 aliphatic rings. The van der Waals surface area contributed by atoms with Crippen molar-refractivity contribution in [3.05, 3.63) is 80.2 Å². The highest BCUT2D eigenvalue weighted by Gasteiger charge is 2.05. The van der Waals surface area contributed by atoms with Gasteiger partial charge in [-0.25, -0.2) is 19.9 Å². The van der Waals surface area contributed by atoms with Crippen LogP contribution in [0.5, 0.6) is 0 Å². The van der Waals surface area contributed by atoms with Crippen LogP contribution in [-0.4, -0.2) is 31.9 Å². The van der Waals surface area contributed by atoms with E-state index in [-0.39, 0.29) is 0 Å². The molecule has 8 heteroatoms. The summed E-state index contributed by atoms with van der Waals surface area (Å²) in [7, 11) is 0. The molecule has 4 aromatic rings. The summed E-state index contributed by atoms with van der Waals surface area (Å²) in [5, 5.41) is 1.68. The largest absolute Gasteiger partial charge is 0.222 e. The minimum Gasteiger partial charge on any atom is -0.222 e. The van der Waals surface area contributed by atoms with Gasteiger partial charge in [-0.3, -0.25) is 0 Å². The van der Waals surface area contributed by atoms with Crippen LogP contribution >= 0.6 is 68.7 Å². The zero-order valence-corrected chi connectivity index (χ0v) is 22.9. The maximum absolute atomic E-state index is 4.54. The van der Waals surface area contributed by atoms with E-state index in [0.29, 0.717) is 0 Å². The Morgan fingerprint density at radius 2 is 1.13 bits per heavy atom. The van der Waals surface area contributed by atoms with E-state index in [0.717, 1.165) is 46.0 Å². The van der Waals surface area contributed by atoms with Crippen LogP contribution in [0.1, 0.15) is 6.92 Å². The Morgan fingerprint density at radius 3 is 1.58 bits per heavy atom. The second-order valence-electron chi connectivity index (χ2n) is 6.09. The maximum Gasteiger partial charge on any atom is 0.189 e. The van der Waals surface area contributed by atoms with Crippen molar-refractivity contribution < 1.29 is 0 Å². The Bertz CT molecular complexity index is 1110. The number of nitrogens with zero attached hydrogens (tertiary/aromatic N) is 4. The molecule has 2 aromatic carbocycles. The van der Waals surface area contributed by atoms with E-state index in [4.69, 9.17) is 0 Å². The predicted molar refractivity (Wildman–Crippen MR) is 149 cm³/mol. The van der Waals surface area contributed by atoms with Gasteiger partial charge in [0, 0.05) is 11.1 Å². The summed E-state index contributed by atoms with van der Waals surface area (Å²) in [4.78, 5) is 17.7. The minimum atomic E-state index is 0.820. The number of hydrogen-bond donors (Lipinski definition) is 0. The van der Waals surface area contributed by atoms with E-state index >= 15 is 0 Å². The number of benzene rings is 2. The number of rotatable bonds is 5. The van der Waals surface area contributed by atoms with Gasteiger partial charge < -0.3 is 0 Å². The third-order valence-corrected chi connectivity index (χ3v) is 6.33. The maximum atomic E-state index is 4.54. The third-order valence-electron chi connectivity index (χ3n) is 3.94. The molecule has 0 amide bonds. The summed E-state index contributed by atoms with van der Waals surface area (Å²) in [6, 6.07) is 24.4. The molecule has 0 saturated heterocycles. The summed E-state index contributed by atoms with van der Waals surface area (Å²) >= 11 is 7.69. The molecule has 0 atom stereocenters. The molecule has 2 aromatic heterocycles. The Morgan fingerprint density at radius 1 is 0.677 bits per heavy atom. The lowest BCUT2D eigenvalue weighted by Gasteiger charge is -2.04. The van der Waals surface area contributed by atoms with Crippen molar-refractivity contribution in [2.24, 2.45) is 0 Å². The first kappa shape index (κ1) is 24.4. The van der Waals surface area contributed by atoms with Crippen molar-refractivity contribution >= 4 is 68.7 Å². The van der Waals surface area contributed by atoms with E-state index in [1.165, 1.54) is 0 Å². The van der Waals surface area contributed by atoms with Gasteiger partial charge in [-0.05, 0) is 69.3 Å². The topological polar surface area (TPSA) is 51.6 Å². The number of halogens is 2. The number of aromatic nitrogens is 4. The third kappa shape index (κ3) is 7.69. The fourth-order valence-corrected chi connectivity index (χ4v) is 4.93. The van der Waals surface area contributed by atoms with Crippen LogP contribution in [0.15, 0.2) is 83.1 Å². The van der Waals surface area contributed by atoms with Crippen molar-refractivity contribution in [2.75, 3.05) is 12.0 Å². The van der Waals surface area contributed by atoms with Crippen LogP contribution in [0.3, 0.4) is 0 Å². The normalized spacial score (nSPS) is 10.3. The molecule has 0 unspecified atom stereocenters. The van der Waals surface area contributed by atoms with E-state index in [9.17, 15) is 0 Å². The molecule has 0 radical (unpaired) electrons. The van der Waals surface area contributed by atoms with Gasteiger partial charge in [0.25, 0.3) is 0 Å². The molecule has 4 nitrogen and oxygen atoms in total. The summed E-state index contributed by atoms with van der Waals surface area (Å²) in [6.07, 6.45) is 1.99. The van der Waals surface area contributed by atoms with Gasteiger partial charge >= 0.3 is 0 Å². The Balaban J connectivity index is 0.000000176. The van der Waals surface area contributed by atoms with Gasteiger partial charge in [0.15, 0.2) is 10.3 Å². The van der Waals surface area contributed by atoms with Crippen LogP contribution in [0, 0.1) is 7.40 Å². The highest BCUT2D eigenvalue weighted by Crippen LogP contribution is 2.22. The highest BCUT2D eigenvalue weighted by molar-refractivity contribution is 14.1. The minimum absolute atomic E-state index is 0.820. The zero-order valence-electron chi connectivity index (χ0n) is 17.0. The van der Waals surface area contributed by atoms with Crippen molar-refractivity contribution in [2.45, 2.75) is 17.2 Å². The molecular formula is C23H20I2N4S2. The van der Waals surface area contributed by atoms with Crippen molar-refractivity contribution in [3.8, 4) is 22.5 Å². The zero-order chi connectivity index (χ0) is 22.1. The summed E-state index contributed by atoms with van der Waals surface area (Å²) in [5.74, 6) is 0.994. The molecule has 4 rings (SSSR count). The first-order valence-electron chi connectivity index (χ1n) is 9.46. The van der Waals surface area contributed by atoms with Crippen LogP contribution in [0.2, 0.25) is 0 Å². The second kappa shape index (κ2) is 12.7. The van der Waals surface area contributed by atoms with E-state index in [2.05, 4.69) is 96.3 Å². The van der Waals surface area contributed by atoms with Crippen LogP contribution in [0.4, 0.5) is 0 Å². The van der Waals surface area contributed by atoms with Crippen LogP contribution < -0.4 is 0 Å². The van der Waals surface area contributed by atoms with Gasteiger partial charge in [-0.2, -0.15) is 0 Å². The van der Waals surface area contributed by atoms with E-state index in [1.807, 2.05) is 54.8 Å². The van der Waals surface area contributed by atoms with Crippen molar-refractivity contribution in [3.63, 3.8) is 0 Å². The first-order chi connectivity index (χ1) is 15.1. The SMILES string of the molecule is CCSc1nc(I)cc(-c2ccccc2)n1.CSc1nc(I)cc(-c2ccccc2)n1. The smallest absolute Gasteiger partial charge is 0.189 e. The van der Waals surface area contributed by atoms with Crippen molar-refractivity contribution in [1.29, 1.82) is 0 Å². The van der Waals surface area contributed by atoms with Gasteiger partial charge in [0.05, 0.1) is 11.4 Å². The lowest BCUT2D eigenvalue weighted by atomic mass is 10.1. The van der Waals surface area contributed by atoms with Gasteiger partial charge in [-0.15, -0.1) is 0 Å². The monoisotopic (exact) mass is 670 g/mol. The highest BCUT2D eigenvalue weighted by atomic mass is 127. The molecule has 0 aliphatic heterocycles. The molecule has 2 heterocycles. The molecule has 0 spiro atoms. The molecule has 0 aliphatic carbocycles. The Kier molecular flexibility index (Phi) is 10.0. The Hall–Kier alpha value is -1.24. The summed E-state index contributed by atoms with van der Waals surface area (Å²) in [6.45, 7) is 2.11. The quantitative estimate of drug-likeness (QED) is 0.0960. The summed E-state index contributed by atoms with van der Waals surface area (Å²) < 4.78 is 1.97. The lowest BCUT2D eigenvalue weighted by Crippen LogP contribution is -1.93. The van der Waals surface area contributed by atoms with Gasteiger partial charge in [0.2, 0.25) is 0 Å². The molecule has 158 valence electrons. The molecule has 0 fully saturated rings. The Labute approximate surface area is 218 Å². The fraction of sp³-hybridized carbons (Fsp3) is 0.130. The van der Waals surface area contributed by atoms with E-state index in [1.54, 1.807) is 23.5 Å². The average molecular weight is 670 g/mol. The average Bonchev–Trinajstić information content (AvgIpc) is 2.80. The summed E-state index contributed by atoms with van der Waals surface area (Å²) in [5.41, 5.74) is 4.25. The molecule has 31 heavy (non-hydrogen) atoms. The van der Waals surface area contributed by atoms with Crippen LogP contribution in [-0.2, 0) is 0 Å². The molecule has 0 bridgehead atoms. The predicted octanol–water partition coefficient (Wildman–Crippen LogP) is 7.33. The number of thioether (sulfide) groups is 2. The molecule has 0 saturated carbocycles. The number of hydrogen-bond acceptors (Lipinski definition) is 6. The van der Waals surface area contributed by atoms with Crippen LogP contribution in [0.25, 0.3) is 22.5 Å². The second-order valence-corrected chi connectivity index (χ2v) is 10.3.